The lowest BCUT2D eigenvalue weighted by atomic mass is 9.98. The van der Waals surface area contributed by atoms with E-state index >= 15 is 0 Å². The molecule has 0 aliphatic rings. The molecule has 24 heavy (non-hydrogen) atoms. The molecule has 4 heteroatoms. The Morgan fingerprint density at radius 2 is 2.08 bits per heavy atom. The van der Waals surface area contributed by atoms with Crippen LogP contribution in [0.25, 0.3) is 0 Å². The molecule has 0 bridgehead atoms. The van der Waals surface area contributed by atoms with Crippen molar-refractivity contribution in [2.24, 2.45) is 5.73 Å². The first-order chi connectivity index (χ1) is 11.5. The van der Waals surface area contributed by atoms with Gasteiger partial charge < -0.3 is 10.8 Å². The molecule has 0 radical (unpaired) electrons. The van der Waals surface area contributed by atoms with Crippen LogP contribution in [0.15, 0.2) is 36.4 Å². The van der Waals surface area contributed by atoms with E-state index in [1.807, 2.05) is 25.1 Å². The summed E-state index contributed by atoms with van der Waals surface area (Å²) in [6.07, 6.45) is 4.57. The lowest BCUT2D eigenvalue weighted by Crippen LogP contribution is -2.40. The highest BCUT2D eigenvalue weighted by Crippen LogP contribution is 2.20. The number of aliphatic hydroxyl groups excluding tert-OH is 1. The van der Waals surface area contributed by atoms with Crippen molar-refractivity contribution in [3.8, 4) is 11.8 Å². The summed E-state index contributed by atoms with van der Waals surface area (Å²) in [7, 11) is 0. The van der Waals surface area contributed by atoms with Gasteiger partial charge in [0.05, 0.1) is 11.5 Å². The van der Waals surface area contributed by atoms with Crippen molar-refractivity contribution in [2.75, 3.05) is 6.61 Å². The van der Waals surface area contributed by atoms with Gasteiger partial charge in [0.15, 0.2) is 0 Å². The number of aryl methyl sites for hydroxylation is 2. The van der Waals surface area contributed by atoms with E-state index in [0.717, 1.165) is 42.0 Å². The lowest BCUT2D eigenvalue weighted by Gasteiger charge is -2.20. The fourth-order valence-corrected chi connectivity index (χ4v) is 3.39. The van der Waals surface area contributed by atoms with E-state index in [0.29, 0.717) is 0 Å². The second kappa shape index (κ2) is 9.25. The molecule has 0 saturated carbocycles. The molecule has 1 aromatic heterocycles. The Morgan fingerprint density at radius 1 is 1.25 bits per heavy atom. The van der Waals surface area contributed by atoms with Crippen LogP contribution in [0.5, 0.6) is 0 Å². The molecule has 1 atom stereocenters. The number of aliphatic hydroxyl groups is 1. The molecule has 0 spiro atoms. The summed E-state index contributed by atoms with van der Waals surface area (Å²) in [5.74, 6) is 6.48. The van der Waals surface area contributed by atoms with Crippen LogP contribution in [-0.4, -0.2) is 17.3 Å². The molecule has 0 aliphatic carbocycles. The van der Waals surface area contributed by atoms with Gasteiger partial charge in [-0.3, -0.25) is 0 Å². The molecule has 0 aliphatic heterocycles. The van der Waals surface area contributed by atoms with E-state index in [2.05, 4.69) is 30.0 Å². The third-order valence-electron chi connectivity index (χ3n) is 3.83. The number of unbranched alkanes of at least 4 members (excludes halogenated alkanes) is 1. The highest BCUT2D eigenvalue weighted by atomic mass is 35.5. The summed E-state index contributed by atoms with van der Waals surface area (Å²) in [5.41, 5.74) is 6.72. The third kappa shape index (κ3) is 6.67. The van der Waals surface area contributed by atoms with Gasteiger partial charge in [-0.25, -0.2) is 0 Å². The molecule has 1 aromatic carbocycles. The molecule has 1 unspecified atom stereocenters. The van der Waals surface area contributed by atoms with Gasteiger partial charge in [0.2, 0.25) is 0 Å². The zero-order chi connectivity index (χ0) is 17.4. The van der Waals surface area contributed by atoms with Gasteiger partial charge in [0.1, 0.15) is 0 Å². The number of nitrogens with two attached hydrogens (primary N) is 1. The van der Waals surface area contributed by atoms with Gasteiger partial charge in [-0.1, -0.05) is 35.6 Å². The summed E-state index contributed by atoms with van der Waals surface area (Å²) >= 11 is 7.69. The molecular formula is C20H24ClNOS. The predicted molar refractivity (Wildman–Crippen MR) is 104 cm³/mol. The second-order valence-corrected chi connectivity index (χ2v) is 7.97. The lowest BCUT2D eigenvalue weighted by molar-refractivity contribution is 0.201. The molecule has 2 nitrogen and oxygen atoms in total. The Hall–Kier alpha value is -1.31. The number of hydrogen-bond donors (Lipinski definition) is 2. The van der Waals surface area contributed by atoms with Crippen LogP contribution in [0.2, 0.25) is 5.02 Å². The van der Waals surface area contributed by atoms with E-state index in [1.54, 1.807) is 11.3 Å². The molecule has 128 valence electrons. The van der Waals surface area contributed by atoms with Gasteiger partial charge in [0, 0.05) is 21.9 Å². The third-order valence-corrected chi connectivity index (χ3v) is 5.13. The summed E-state index contributed by atoms with van der Waals surface area (Å²) in [4.78, 5) is 2.36. The number of thiophene rings is 1. The average molecular weight is 362 g/mol. The summed E-state index contributed by atoms with van der Waals surface area (Å²) in [6, 6.07) is 12.2. The minimum atomic E-state index is -0.504. The minimum Gasteiger partial charge on any atom is -0.394 e. The zero-order valence-corrected chi connectivity index (χ0v) is 15.6. The molecular weight excluding hydrogens is 338 g/mol. The van der Waals surface area contributed by atoms with Crippen LogP contribution in [0.1, 0.15) is 41.5 Å². The number of hydrogen-bond acceptors (Lipinski definition) is 3. The first-order valence-corrected chi connectivity index (χ1v) is 9.40. The number of halogens is 1. The van der Waals surface area contributed by atoms with Gasteiger partial charge >= 0.3 is 0 Å². The Morgan fingerprint density at radius 3 is 2.83 bits per heavy atom. The molecule has 3 N–H and O–H groups in total. The van der Waals surface area contributed by atoms with Crippen LogP contribution < -0.4 is 5.73 Å². The topological polar surface area (TPSA) is 46.2 Å². The maximum absolute atomic E-state index is 9.19. The van der Waals surface area contributed by atoms with Crippen LogP contribution in [-0.2, 0) is 12.8 Å². The Balaban J connectivity index is 1.75. The summed E-state index contributed by atoms with van der Waals surface area (Å²) in [6.45, 7) is 1.89. The molecule has 0 amide bonds. The van der Waals surface area contributed by atoms with E-state index in [-0.39, 0.29) is 6.61 Å². The Bertz CT molecular complexity index is 712. The number of rotatable bonds is 7. The summed E-state index contributed by atoms with van der Waals surface area (Å²) in [5, 5.41) is 9.98. The second-order valence-electron chi connectivity index (χ2n) is 6.36. The zero-order valence-electron chi connectivity index (χ0n) is 14.0. The molecule has 2 aromatic rings. The molecule has 2 rings (SSSR count). The van der Waals surface area contributed by atoms with E-state index in [4.69, 9.17) is 17.3 Å². The van der Waals surface area contributed by atoms with Gasteiger partial charge in [-0.05, 0) is 62.4 Å². The van der Waals surface area contributed by atoms with E-state index < -0.39 is 5.54 Å². The maximum Gasteiger partial charge on any atom is 0.0771 e. The minimum absolute atomic E-state index is 0.0116. The van der Waals surface area contributed by atoms with Crippen molar-refractivity contribution >= 4 is 22.9 Å². The van der Waals surface area contributed by atoms with E-state index in [1.165, 1.54) is 10.4 Å². The quantitative estimate of drug-likeness (QED) is 0.566. The van der Waals surface area contributed by atoms with Crippen LogP contribution in [0, 0.1) is 11.8 Å². The van der Waals surface area contributed by atoms with Crippen molar-refractivity contribution in [3.63, 3.8) is 0 Å². The van der Waals surface area contributed by atoms with Crippen molar-refractivity contribution in [1.82, 2.24) is 0 Å². The predicted octanol–water partition coefficient (Wildman–Crippen LogP) is 4.42. The smallest absolute Gasteiger partial charge is 0.0771 e. The highest BCUT2D eigenvalue weighted by Gasteiger charge is 2.16. The van der Waals surface area contributed by atoms with Crippen LogP contribution in [0.3, 0.4) is 0 Å². The maximum atomic E-state index is 9.19. The van der Waals surface area contributed by atoms with Gasteiger partial charge in [0.25, 0.3) is 0 Å². The van der Waals surface area contributed by atoms with Crippen molar-refractivity contribution in [1.29, 1.82) is 0 Å². The standard InChI is InChI=1S/C20H24ClNOS/c1-20(22,15-23)13-12-19-11-10-18(24-19)9-4-2-3-6-16-7-5-8-17(21)14-16/h5,7-8,10-11,14,23H,2-3,6,12-13,15,22H2,1H3. The number of benzene rings is 1. The normalized spacial score (nSPS) is 13.2. The van der Waals surface area contributed by atoms with E-state index in [9.17, 15) is 5.11 Å². The van der Waals surface area contributed by atoms with Gasteiger partial charge in [-0.15, -0.1) is 11.3 Å². The Kier molecular flexibility index (Phi) is 7.33. The average Bonchev–Trinajstić information content (AvgIpc) is 3.01. The molecule has 0 saturated heterocycles. The summed E-state index contributed by atoms with van der Waals surface area (Å²) < 4.78 is 0. The Labute approximate surface area is 153 Å². The molecule has 1 heterocycles. The first-order valence-electron chi connectivity index (χ1n) is 8.20. The molecule has 0 fully saturated rings. The SMILES string of the molecule is CC(N)(CO)CCc1ccc(C#CCCCc2cccc(Cl)c2)s1. The van der Waals surface area contributed by atoms with Crippen LogP contribution >= 0.6 is 22.9 Å². The van der Waals surface area contributed by atoms with Crippen LogP contribution in [0.4, 0.5) is 0 Å². The van der Waals surface area contributed by atoms with Crippen molar-refractivity contribution in [2.45, 2.75) is 44.6 Å². The first kappa shape index (κ1) is 19.0. The highest BCUT2D eigenvalue weighted by molar-refractivity contribution is 7.12. The van der Waals surface area contributed by atoms with Crippen molar-refractivity contribution in [3.05, 3.63) is 56.7 Å². The fraction of sp³-hybridized carbons (Fsp3) is 0.400. The van der Waals surface area contributed by atoms with Crippen molar-refractivity contribution < 1.29 is 5.11 Å². The largest absolute Gasteiger partial charge is 0.394 e. The monoisotopic (exact) mass is 361 g/mol. The van der Waals surface area contributed by atoms with Gasteiger partial charge in [-0.2, -0.15) is 0 Å². The fourth-order valence-electron chi connectivity index (χ4n) is 2.29.